The van der Waals surface area contributed by atoms with Crippen molar-refractivity contribution in [3.05, 3.63) is 22.9 Å². The van der Waals surface area contributed by atoms with E-state index in [1.165, 1.54) is 6.92 Å². The minimum atomic E-state index is -5.23. The summed E-state index contributed by atoms with van der Waals surface area (Å²) in [7, 11) is 0. The Hall–Kier alpha value is -2.04. The number of hydrogen-bond donors (Lipinski definition) is 1. The molecular formula is C12H12F6N2O3. The van der Waals surface area contributed by atoms with Crippen molar-refractivity contribution in [1.82, 2.24) is 4.98 Å². The number of esters is 1. The number of alkyl halides is 6. The Morgan fingerprint density at radius 2 is 1.87 bits per heavy atom. The molecule has 130 valence electrons. The molecule has 1 rings (SSSR count). The normalized spacial score (nSPS) is 12.2. The second-order valence-corrected chi connectivity index (χ2v) is 4.16. The lowest BCUT2D eigenvalue weighted by Gasteiger charge is -2.17. The number of halogens is 6. The number of nitrogens with zero attached hydrogens (tertiary/aromatic N) is 1. The lowest BCUT2D eigenvalue weighted by atomic mass is 10.0. The van der Waals surface area contributed by atoms with Gasteiger partial charge in [0.2, 0.25) is 5.88 Å². The highest BCUT2D eigenvalue weighted by Gasteiger charge is 2.38. The molecule has 0 fully saturated rings. The Balaban J connectivity index is 3.39. The molecule has 0 radical (unpaired) electrons. The van der Waals surface area contributed by atoms with E-state index in [1.807, 2.05) is 0 Å². The van der Waals surface area contributed by atoms with Crippen LogP contribution in [0.4, 0.5) is 26.3 Å². The topological polar surface area (TPSA) is 74.4 Å². The molecule has 0 aliphatic carbocycles. The molecule has 23 heavy (non-hydrogen) atoms. The molecule has 0 aromatic carbocycles. The fraction of sp³-hybridized carbons (Fsp3) is 0.500. The smallest absolute Gasteiger partial charge is 0.466 e. The van der Waals surface area contributed by atoms with Gasteiger partial charge in [-0.2, -0.15) is 13.2 Å². The molecule has 0 spiro atoms. The highest BCUT2D eigenvalue weighted by Crippen LogP contribution is 2.36. The third-order valence-corrected chi connectivity index (χ3v) is 2.53. The average molecular weight is 346 g/mol. The molecule has 0 atom stereocenters. The molecule has 0 amide bonds. The Morgan fingerprint density at radius 3 is 2.30 bits per heavy atom. The predicted octanol–water partition coefficient (Wildman–Crippen LogP) is 2.56. The molecule has 0 aliphatic heterocycles. The van der Waals surface area contributed by atoms with Crippen LogP contribution in [0, 0.1) is 0 Å². The lowest BCUT2D eigenvalue weighted by Crippen LogP contribution is -2.22. The van der Waals surface area contributed by atoms with Crippen LogP contribution in [-0.2, 0) is 28.7 Å². The van der Waals surface area contributed by atoms with Gasteiger partial charge in [0.15, 0.2) is 0 Å². The van der Waals surface area contributed by atoms with E-state index in [2.05, 4.69) is 14.5 Å². The van der Waals surface area contributed by atoms with Crippen molar-refractivity contribution in [2.75, 3.05) is 6.61 Å². The SMILES string of the molecule is CCOC(=O)Cc1nc(OC(F)(F)F)cc(C(F)(F)F)c1CN. The summed E-state index contributed by atoms with van der Waals surface area (Å²) in [6, 6.07) is 0.0876. The average Bonchev–Trinajstić information content (AvgIpc) is 2.35. The summed E-state index contributed by atoms with van der Waals surface area (Å²) in [4.78, 5) is 14.7. The number of nitrogens with two attached hydrogens (primary N) is 1. The van der Waals surface area contributed by atoms with Gasteiger partial charge in [-0.1, -0.05) is 0 Å². The Morgan fingerprint density at radius 1 is 1.26 bits per heavy atom. The third kappa shape index (κ3) is 5.58. The van der Waals surface area contributed by atoms with E-state index < -0.39 is 54.2 Å². The van der Waals surface area contributed by atoms with Gasteiger partial charge in [0.1, 0.15) is 0 Å². The van der Waals surface area contributed by atoms with E-state index >= 15 is 0 Å². The summed E-state index contributed by atoms with van der Waals surface area (Å²) >= 11 is 0. The third-order valence-electron chi connectivity index (χ3n) is 2.53. The highest BCUT2D eigenvalue weighted by atomic mass is 19.4. The maximum atomic E-state index is 13.0. The molecule has 11 heteroatoms. The van der Waals surface area contributed by atoms with Crippen molar-refractivity contribution >= 4 is 5.97 Å². The minimum absolute atomic E-state index is 0.0539. The standard InChI is InChI=1S/C12H12F6N2O3/c1-2-22-10(21)4-8-6(5-19)7(11(13,14)15)3-9(20-8)23-12(16,17)18/h3H,2,4-5,19H2,1H3. The summed E-state index contributed by atoms with van der Waals surface area (Å²) in [6.07, 6.45) is -11.0. The van der Waals surface area contributed by atoms with Crippen LogP contribution < -0.4 is 10.5 Å². The first-order chi connectivity index (χ1) is 10.5. The maximum Gasteiger partial charge on any atom is 0.574 e. The number of hydrogen-bond acceptors (Lipinski definition) is 5. The van der Waals surface area contributed by atoms with E-state index in [4.69, 9.17) is 5.73 Å². The van der Waals surface area contributed by atoms with Crippen LogP contribution in [0.1, 0.15) is 23.7 Å². The van der Waals surface area contributed by atoms with E-state index in [-0.39, 0.29) is 12.7 Å². The molecule has 0 saturated heterocycles. The van der Waals surface area contributed by atoms with Crippen molar-refractivity contribution < 1.29 is 40.6 Å². The van der Waals surface area contributed by atoms with Crippen LogP contribution >= 0.6 is 0 Å². The van der Waals surface area contributed by atoms with Crippen LogP contribution in [0.15, 0.2) is 6.07 Å². The largest absolute Gasteiger partial charge is 0.574 e. The number of aromatic nitrogens is 1. The minimum Gasteiger partial charge on any atom is -0.466 e. The Bertz CT molecular complexity index is 571. The van der Waals surface area contributed by atoms with Gasteiger partial charge in [-0.15, -0.1) is 13.2 Å². The first-order valence-electron chi connectivity index (χ1n) is 6.19. The van der Waals surface area contributed by atoms with Crippen LogP contribution in [0.25, 0.3) is 0 Å². The summed E-state index contributed by atoms with van der Waals surface area (Å²) < 4.78 is 83.5. The van der Waals surface area contributed by atoms with Crippen molar-refractivity contribution in [3.63, 3.8) is 0 Å². The van der Waals surface area contributed by atoms with Gasteiger partial charge in [-0.05, 0) is 6.92 Å². The van der Waals surface area contributed by atoms with Gasteiger partial charge < -0.3 is 15.2 Å². The van der Waals surface area contributed by atoms with Crippen LogP contribution in [0.5, 0.6) is 5.88 Å². The second-order valence-electron chi connectivity index (χ2n) is 4.16. The monoisotopic (exact) mass is 346 g/mol. The van der Waals surface area contributed by atoms with E-state index in [1.54, 1.807) is 0 Å². The van der Waals surface area contributed by atoms with Crippen LogP contribution in [0.3, 0.4) is 0 Å². The van der Waals surface area contributed by atoms with Gasteiger partial charge in [-0.3, -0.25) is 4.79 Å². The van der Waals surface area contributed by atoms with Crippen molar-refractivity contribution in [1.29, 1.82) is 0 Å². The van der Waals surface area contributed by atoms with E-state index in [9.17, 15) is 31.1 Å². The molecule has 0 aliphatic rings. The van der Waals surface area contributed by atoms with Crippen molar-refractivity contribution in [2.45, 2.75) is 32.4 Å². The lowest BCUT2D eigenvalue weighted by molar-refractivity contribution is -0.276. The number of carbonyl (C=O) groups is 1. The molecule has 0 bridgehead atoms. The molecule has 1 aromatic rings. The van der Waals surface area contributed by atoms with Gasteiger partial charge >= 0.3 is 18.5 Å². The summed E-state index contributed by atoms with van der Waals surface area (Å²) in [5.74, 6) is -2.28. The summed E-state index contributed by atoms with van der Waals surface area (Å²) in [5.41, 5.74) is 2.59. The van der Waals surface area contributed by atoms with Gasteiger partial charge in [0, 0.05) is 18.2 Å². The van der Waals surface area contributed by atoms with Gasteiger partial charge in [-0.25, -0.2) is 4.98 Å². The van der Waals surface area contributed by atoms with Crippen LogP contribution in [0.2, 0.25) is 0 Å². The summed E-state index contributed by atoms with van der Waals surface area (Å²) in [6.45, 7) is 0.726. The zero-order valence-electron chi connectivity index (χ0n) is 11.7. The second kappa shape index (κ2) is 7.02. The number of pyridine rings is 1. The Kier molecular flexibility index (Phi) is 5.81. The first-order valence-corrected chi connectivity index (χ1v) is 6.19. The van der Waals surface area contributed by atoms with Gasteiger partial charge in [0.25, 0.3) is 0 Å². The zero-order valence-corrected chi connectivity index (χ0v) is 11.7. The summed E-state index contributed by atoms with van der Waals surface area (Å²) in [5, 5.41) is 0. The van der Waals surface area contributed by atoms with E-state index in [0.717, 1.165) is 0 Å². The molecule has 0 unspecified atom stereocenters. The Labute approximate surface area is 126 Å². The van der Waals surface area contributed by atoms with Crippen molar-refractivity contribution in [3.8, 4) is 5.88 Å². The molecular weight excluding hydrogens is 334 g/mol. The molecule has 5 nitrogen and oxygen atoms in total. The van der Waals surface area contributed by atoms with Crippen molar-refractivity contribution in [2.24, 2.45) is 5.73 Å². The van der Waals surface area contributed by atoms with Gasteiger partial charge in [0.05, 0.1) is 24.3 Å². The van der Waals surface area contributed by atoms with Crippen LogP contribution in [-0.4, -0.2) is 23.9 Å². The maximum absolute atomic E-state index is 13.0. The predicted molar refractivity (Wildman–Crippen MR) is 64.2 cm³/mol. The first kappa shape index (κ1) is 19.0. The molecule has 1 heterocycles. The fourth-order valence-electron chi connectivity index (χ4n) is 1.75. The zero-order chi connectivity index (χ0) is 17.8. The van der Waals surface area contributed by atoms with E-state index in [0.29, 0.717) is 0 Å². The number of ether oxygens (including phenoxy) is 2. The molecule has 2 N–H and O–H groups in total. The number of carbonyl (C=O) groups excluding carboxylic acids is 1. The highest BCUT2D eigenvalue weighted by molar-refractivity contribution is 5.72. The fourth-order valence-corrected chi connectivity index (χ4v) is 1.75. The number of rotatable bonds is 5. The molecule has 0 saturated carbocycles. The molecule has 1 aromatic heterocycles. The quantitative estimate of drug-likeness (QED) is 0.655.